The van der Waals surface area contributed by atoms with Gasteiger partial charge in [-0.25, -0.2) is 0 Å². The van der Waals surface area contributed by atoms with Crippen molar-refractivity contribution in [3.8, 4) is 5.75 Å². The fraction of sp³-hybridized carbons (Fsp3) is 0.562. The Bertz CT molecular complexity index is 434. The molecule has 1 saturated heterocycles. The molecule has 2 rings (SSSR count). The smallest absolute Gasteiger partial charge is 0.251 e. The number of benzene rings is 1. The normalized spacial score (nSPS) is 16.9. The molecule has 22 heavy (non-hydrogen) atoms. The number of hydrogen-bond donors (Lipinski definition) is 2. The van der Waals surface area contributed by atoms with Crippen LogP contribution in [0.5, 0.6) is 5.75 Å². The van der Waals surface area contributed by atoms with Crippen molar-refractivity contribution in [1.29, 1.82) is 0 Å². The van der Waals surface area contributed by atoms with Crippen molar-refractivity contribution < 1.29 is 14.3 Å². The molecule has 1 aliphatic rings. The van der Waals surface area contributed by atoms with Gasteiger partial charge in [0.15, 0.2) is 0 Å². The van der Waals surface area contributed by atoms with Gasteiger partial charge in [0.05, 0.1) is 6.10 Å². The van der Waals surface area contributed by atoms with Crippen LogP contribution in [0, 0.1) is 0 Å². The molecule has 1 aliphatic heterocycles. The second kappa shape index (κ2) is 10.4. The van der Waals surface area contributed by atoms with E-state index in [1.165, 1.54) is 0 Å². The van der Waals surface area contributed by atoms with Crippen LogP contribution >= 0.6 is 12.4 Å². The highest BCUT2D eigenvalue weighted by atomic mass is 35.5. The quantitative estimate of drug-likeness (QED) is 0.717. The molecule has 0 saturated carbocycles. The minimum absolute atomic E-state index is 0. The van der Waals surface area contributed by atoms with Gasteiger partial charge in [0.2, 0.25) is 0 Å². The number of halogens is 1. The van der Waals surface area contributed by atoms with Crippen molar-refractivity contribution in [2.24, 2.45) is 0 Å². The summed E-state index contributed by atoms with van der Waals surface area (Å²) in [6.07, 6.45) is 3.30. The van der Waals surface area contributed by atoms with Crippen LogP contribution in [-0.4, -0.2) is 45.4 Å². The maximum atomic E-state index is 11.9. The summed E-state index contributed by atoms with van der Waals surface area (Å²) in [5, 5.41) is 5.94. The van der Waals surface area contributed by atoms with Crippen LogP contribution in [0.15, 0.2) is 24.3 Å². The van der Waals surface area contributed by atoms with Crippen molar-refractivity contribution >= 4 is 18.3 Å². The predicted octanol–water partition coefficient (Wildman–Crippen LogP) is 2.01. The van der Waals surface area contributed by atoms with Crippen LogP contribution in [0.25, 0.3) is 0 Å². The van der Waals surface area contributed by atoms with E-state index in [4.69, 9.17) is 9.47 Å². The van der Waals surface area contributed by atoms with E-state index in [-0.39, 0.29) is 24.4 Å². The second-order valence-corrected chi connectivity index (χ2v) is 5.18. The molecular weight excluding hydrogens is 304 g/mol. The Morgan fingerprint density at radius 3 is 2.73 bits per heavy atom. The van der Waals surface area contributed by atoms with Crippen LogP contribution in [0.2, 0.25) is 0 Å². The fourth-order valence-electron chi connectivity index (χ4n) is 2.24. The van der Waals surface area contributed by atoms with Crippen molar-refractivity contribution in [1.82, 2.24) is 10.6 Å². The average molecular weight is 329 g/mol. The highest BCUT2D eigenvalue weighted by Gasteiger charge is 2.16. The Kier molecular flexibility index (Phi) is 8.89. The molecule has 6 heteroatoms. The molecule has 0 aromatic heterocycles. The summed E-state index contributed by atoms with van der Waals surface area (Å²) in [6, 6.07) is 7.24. The van der Waals surface area contributed by atoms with Crippen LogP contribution < -0.4 is 15.4 Å². The molecule has 0 bridgehead atoms. The molecule has 1 unspecified atom stereocenters. The summed E-state index contributed by atoms with van der Waals surface area (Å²) in [7, 11) is 1.90. The number of hydrogen-bond acceptors (Lipinski definition) is 4. The largest absolute Gasteiger partial charge is 0.491 e. The fourth-order valence-corrected chi connectivity index (χ4v) is 2.24. The first kappa shape index (κ1) is 18.7. The van der Waals surface area contributed by atoms with Gasteiger partial charge in [-0.05, 0) is 57.1 Å². The number of amides is 1. The van der Waals surface area contributed by atoms with E-state index < -0.39 is 0 Å². The molecule has 1 heterocycles. The van der Waals surface area contributed by atoms with Crippen LogP contribution in [0.4, 0.5) is 0 Å². The summed E-state index contributed by atoms with van der Waals surface area (Å²) < 4.78 is 11.2. The topological polar surface area (TPSA) is 59.6 Å². The minimum Gasteiger partial charge on any atom is -0.491 e. The monoisotopic (exact) mass is 328 g/mol. The molecule has 5 nitrogen and oxygen atoms in total. The van der Waals surface area contributed by atoms with E-state index in [0.29, 0.717) is 18.7 Å². The molecule has 1 aromatic carbocycles. The summed E-state index contributed by atoms with van der Waals surface area (Å²) in [6.45, 7) is 2.99. The molecule has 1 atom stereocenters. The zero-order chi connectivity index (χ0) is 14.9. The van der Waals surface area contributed by atoms with Gasteiger partial charge < -0.3 is 20.1 Å². The van der Waals surface area contributed by atoms with Gasteiger partial charge in [-0.2, -0.15) is 0 Å². The standard InChI is InChI=1S/C16H24N2O3.ClH/c1-17-9-3-10-18-16(19)13-5-7-14(8-6-13)21-12-15-4-2-11-20-15;/h5-8,15,17H,2-4,9-12H2,1H3,(H,18,19);1H. The molecule has 1 amide bonds. The Balaban J connectivity index is 0.00000242. The number of rotatable bonds is 8. The van der Waals surface area contributed by atoms with E-state index in [1.54, 1.807) is 12.1 Å². The summed E-state index contributed by atoms with van der Waals surface area (Å²) in [5.41, 5.74) is 0.656. The first-order valence-corrected chi connectivity index (χ1v) is 7.57. The van der Waals surface area contributed by atoms with E-state index in [2.05, 4.69) is 10.6 Å². The molecule has 1 aromatic rings. The molecule has 1 fully saturated rings. The van der Waals surface area contributed by atoms with Crippen molar-refractivity contribution in [3.63, 3.8) is 0 Å². The third kappa shape index (κ3) is 6.22. The van der Waals surface area contributed by atoms with Crippen molar-refractivity contribution in [2.45, 2.75) is 25.4 Å². The summed E-state index contributed by atoms with van der Waals surface area (Å²) in [5.74, 6) is 0.731. The van der Waals surface area contributed by atoms with Gasteiger partial charge in [-0.1, -0.05) is 0 Å². The number of ether oxygens (including phenoxy) is 2. The van der Waals surface area contributed by atoms with Gasteiger partial charge >= 0.3 is 0 Å². The zero-order valence-corrected chi connectivity index (χ0v) is 13.8. The molecule has 124 valence electrons. The second-order valence-electron chi connectivity index (χ2n) is 5.18. The van der Waals surface area contributed by atoms with Crippen LogP contribution in [0.3, 0.4) is 0 Å². The Labute approximate surface area is 138 Å². The Morgan fingerprint density at radius 2 is 2.09 bits per heavy atom. The number of carbonyl (C=O) groups is 1. The molecule has 2 N–H and O–H groups in total. The van der Waals surface area contributed by atoms with Gasteiger partial charge in [-0.3, -0.25) is 4.79 Å². The molecule has 0 aliphatic carbocycles. The van der Waals surface area contributed by atoms with Gasteiger partial charge in [0, 0.05) is 18.7 Å². The van der Waals surface area contributed by atoms with Crippen molar-refractivity contribution in [3.05, 3.63) is 29.8 Å². The third-order valence-electron chi connectivity index (χ3n) is 3.47. The Morgan fingerprint density at radius 1 is 1.32 bits per heavy atom. The van der Waals surface area contributed by atoms with Gasteiger partial charge in [0.1, 0.15) is 12.4 Å². The van der Waals surface area contributed by atoms with E-state index in [0.717, 1.165) is 38.2 Å². The van der Waals surface area contributed by atoms with E-state index in [1.807, 2.05) is 19.2 Å². The first-order valence-electron chi connectivity index (χ1n) is 7.57. The zero-order valence-electron chi connectivity index (χ0n) is 13.0. The molecule has 0 spiro atoms. The van der Waals surface area contributed by atoms with Gasteiger partial charge in [0.25, 0.3) is 5.91 Å². The molecule has 0 radical (unpaired) electrons. The van der Waals surface area contributed by atoms with Crippen LogP contribution in [-0.2, 0) is 4.74 Å². The van der Waals surface area contributed by atoms with Crippen LogP contribution in [0.1, 0.15) is 29.6 Å². The first-order chi connectivity index (χ1) is 10.3. The number of carbonyl (C=O) groups excluding carboxylic acids is 1. The lowest BCUT2D eigenvalue weighted by molar-refractivity contribution is 0.0679. The van der Waals surface area contributed by atoms with Crippen molar-refractivity contribution in [2.75, 3.05) is 33.4 Å². The lowest BCUT2D eigenvalue weighted by atomic mass is 10.2. The highest BCUT2D eigenvalue weighted by Crippen LogP contribution is 2.16. The SMILES string of the molecule is CNCCCNC(=O)c1ccc(OCC2CCCO2)cc1.Cl. The average Bonchev–Trinajstić information content (AvgIpc) is 3.03. The summed E-state index contributed by atoms with van der Waals surface area (Å²) >= 11 is 0. The highest BCUT2D eigenvalue weighted by molar-refractivity contribution is 5.94. The van der Waals surface area contributed by atoms with E-state index >= 15 is 0 Å². The van der Waals surface area contributed by atoms with Gasteiger partial charge in [-0.15, -0.1) is 12.4 Å². The minimum atomic E-state index is -0.0446. The lowest BCUT2D eigenvalue weighted by Gasteiger charge is -2.11. The molecular formula is C16H25ClN2O3. The Hall–Kier alpha value is -1.30. The van der Waals surface area contributed by atoms with E-state index in [9.17, 15) is 4.79 Å². The summed E-state index contributed by atoms with van der Waals surface area (Å²) in [4.78, 5) is 11.9. The maximum Gasteiger partial charge on any atom is 0.251 e. The maximum absolute atomic E-state index is 11.9. The lowest BCUT2D eigenvalue weighted by Crippen LogP contribution is -2.26. The number of nitrogens with one attached hydrogen (secondary N) is 2. The third-order valence-corrected chi connectivity index (χ3v) is 3.47. The predicted molar refractivity (Wildman–Crippen MR) is 89.0 cm³/mol.